The van der Waals surface area contributed by atoms with Gasteiger partial charge in [0.05, 0.1) is 5.75 Å². The van der Waals surface area contributed by atoms with E-state index >= 15 is 0 Å². The van der Waals surface area contributed by atoms with E-state index in [1.165, 1.54) is 51.0 Å². The standard InChI is InChI=1S/C16H31NO4S.K/c1-2-3-4-5-6-7-8-9-10-11-13-16(18)17-14-12-15-22(19,20)21;/h11,13H,2-10,12,14-15H2,1H3,(H,17,18)(H,19,20,21);/q;+1/p-1/b13-11+;. The Morgan fingerprint density at radius 3 is 2.17 bits per heavy atom. The summed E-state index contributed by atoms with van der Waals surface area (Å²) < 4.78 is 29.4. The molecule has 0 aromatic heterocycles. The van der Waals surface area contributed by atoms with E-state index < -0.39 is 10.1 Å². The largest absolute Gasteiger partial charge is 1.00 e. The summed E-state index contributed by atoms with van der Waals surface area (Å²) in [5.74, 6) is -0.693. The van der Waals surface area contributed by atoms with Crippen molar-refractivity contribution in [2.24, 2.45) is 4.99 Å². The van der Waals surface area contributed by atoms with E-state index in [0.29, 0.717) is 0 Å². The van der Waals surface area contributed by atoms with Crippen molar-refractivity contribution in [1.29, 1.82) is 0 Å². The first kappa shape index (κ1) is 26.0. The quantitative estimate of drug-likeness (QED) is 0.154. The van der Waals surface area contributed by atoms with Gasteiger partial charge in [-0.1, -0.05) is 64.0 Å². The third-order valence-electron chi connectivity index (χ3n) is 3.31. The van der Waals surface area contributed by atoms with Gasteiger partial charge in [0, 0.05) is 6.54 Å². The van der Waals surface area contributed by atoms with Crippen LogP contribution in [0.4, 0.5) is 0 Å². The van der Waals surface area contributed by atoms with Gasteiger partial charge in [-0.25, -0.2) is 0 Å². The summed E-state index contributed by atoms with van der Waals surface area (Å²) in [6.07, 6.45) is 14.4. The second kappa shape index (κ2) is 17.6. The molecule has 0 aromatic carbocycles. The van der Waals surface area contributed by atoms with Crippen LogP contribution in [0.1, 0.15) is 71.1 Å². The smallest absolute Gasteiger partial charge is 0.859 e. The molecule has 0 radical (unpaired) electrons. The fraction of sp³-hybridized carbons (Fsp3) is 0.812. The van der Waals surface area contributed by atoms with Crippen molar-refractivity contribution < 1.29 is 69.5 Å². The van der Waals surface area contributed by atoms with E-state index in [0.717, 1.165) is 12.8 Å². The Hall–Kier alpha value is 0.756. The van der Waals surface area contributed by atoms with E-state index in [2.05, 4.69) is 11.9 Å². The van der Waals surface area contributed by atoms with Gasteiger partial charge in [-0.2, -0.15) is 8.42 Å². The van der Waals surface area contributed by atoms with E-state index in [4.69, 9.17) is 4.55 Å². The number of nitrogens with zero attached hydrogens (tertiary/aromatic N) is 1. The van der Waals surface area contributed by atoms with Crippen LogP contribution >= 0.6 is 0 Å². The van der Waals surface area contributed by atoms with Gasteiger partial charge < -0.3 is 10.1 Å². The average molecular weight is 372 g/mol. The van der Waals surface area contributed by atoms with Crippen molar-refractivity contribution >= 4 is 16.0 Å². The zero-order valence-corrected chi connectivity index (χ0v) is 18.6. The van der Waals surface area contributed by atoms with Crippen LogP contribution in [0.15, 0.2) is 17.1 Å². The van der Waals surface area contributed by atoms with Gasteiger partial charge in [-0.05, 0) is 25.2 Å². The molecule has 5 nitrogen and oxygen atoms in total. The van der Waals surface area contributed by atoms with Crippen molar-refractivity contribution in [3.8, 4) is 0 Å². The molecule has 0 spiro atoms. The van der Waals surface area contributed by atoms with Gasteiger partial charge in [-0.3, -0.25) is 4.55 Å². The summed E-state index contributed by atoms with van der Waals surface area (Å²) >= 11 is 0. The minimum absolute atomic E-state index is 0. The fourth-order valence-corrected chi connectivity index (χ4v) is 2.56. The Labute approximate surface area is 184 Å². The van der Waals surface area contributed by atoms with Crippen LogP contribution in [-0.2, 0) is 10.1 Å². The van der Waals surface area contributed by atoms with Crippen molar-refractivity contribution in [1.82, 2.24) is 0 Å². The predicted molar refractivity (Wildman–Crippen MR) is 89.7 cm³/mol. The van der Waals surface area contributed by atoms with Gasteiger partial charge in [0.1, 0.15) is 0 Å². The number of aliphatic imine (C=N–C) groups is 1. The third-order valence-corrected chi connectivity index (χ3v) is 4.12. The molecule has 0 fully saturated rings. The van der Waals surface area contributed by atoms with E-state index in [1.807, 2.05) is 6.08 Å². The maximum Gasteiger partial charge on any atom is 1.00 e. The monoisotopic (exact) mass is 371 g/mol. The molecule has 0 saturated carbocycles. The molecule has 0 aliphatic rings. The van der Waals surface area contributed by atoms with E-state index in [1.54, 1.807) is 0 Å². The van der Waals surface area contributed by atoms with E-state index in [-0.39, 0.29) is 76.0 Å². The Bertz CT molecular complexity index is 422. The number of unbranched alkanes of at least 4 members (excludes halogenated alkanes) is 8. The van der Waals surface area contributed by atoms with Crippen LogP contribution in [0.3, 0.4) is 0 Å². The normalized spacial score (nSPS) is 12.5. The maximum absolute atomic E-state index is 11.3. The van der Waals surface area contributed by atoms with Gasteiger partial charge in [-0.15, -0.1) is 0 Å². The summed E-state index contributed by atoms with van der Waals surface area (Å²) in [5, 5.41) is 11.3. The molecule has 23 heavy (non-hydrogen) atoms. The minimum Gasteiger partial charge on any atom is -0.859 e. The zero-order valence-electron chi connectivity index (χ0n) is 14.7. The second-order valence-corrected chi connectivity index (χ2v) is 7.10. The number of rotatable bonds is 14. The molecule has 0 heterocycles. The number of hydrogen-bond donors (Lipinski definition) is 1. The first-order valence-electron chi connectivity index (χ1n) is 8.29. The first-order chi connectivity index (χ1) is 10.5. The van der Waals surface area contributed by atoms with Crippen molar-refractivity contribution in [2.45, 2.75) is 71.1 Å². The Morgan fingerprint density at radius 2 is 1.61 bits per heavy atom. The Balaban J connectivity index is 0. The Morgan fingerprint density at radius 1 is 1.04 bits per heavy atom. The zero-order chi connectivity index (χ0) is 16.7. The maximum atomic E-state index is 11.3. The molecular formula is C16H30KNO4S. The molecule has 0 rings (SSSR count). The first-order valence-corrected chi connectivity index (χ1v) is 9.90. The molecule has 0 amide bonds. The second-order valence-electron chi connectivity index (χ2n) is 5.53. The van der Waals surface area contributed by atoms with Crippen LogP contribution in [0, 0.1) is 0 Å². The summed E-state index contributed by atoms with van der Waals surface area (Å²) in [7, 11) is -3.95. The minimum atomic E-state index is -3.95. The topological polar surface area (TPSA) is 89.8 Å². The molecule has 0 aliphatic carbocycles. The average Bonchev–Trinajstić information content (AvgIpc) is 2.44. The van der Waals surface area contributed by atoms with Gasteiger partial charge in [0.15, 0.2) is 0 Å². The summed E-state index contributed by atoms with van der Waals surface area (Å²) in [4.78, 5) is 3.70. The molecule has 130 valence electrons. The van der Waals surface area contributed by atoms with Crippen LogP contribution in [-0.4, -0.2) is 31.2 Å². The molecule has 0 unspecified atom stereocenters. The molecule has 7 heteroatoms. The molecule has 1 N–H and O–H groups in total. The van der Waals surface area contributed by atoms with Crippen molar-refractivity contribution in [2.75, 3.05) is 12.3 Å². The molecule has 0 atom stereocenters. The SMILES string of the molecule is CCCCCCCCCC/C=C/C([O-])=NCCCS(=O)(=O)O.[K+]. The molecule has 0 aliphatic heterocycles. The van der Waals surface area contributed by atoms with Gasteiger partial charge >= 0.3 is 51.4 Å². The predicted octanol–water partition coefficient (Wildman–Crippen LogP) is 0.114. The van der Waals surface area contributed by atoms with Gasteiger partial charge in [0.2, 0.25) is 0 Å². The van der Waals surface area contributed by atoms with Crippen LogP contribution in [0.25, 0.3) is 0 Å². The van der Waals surface area contributed by atoms with Crippen molar-refractivity contribution in [3.63, 3.8) is 0 Å². The third kappa shape index (κ3) is 22.8. The van der Waals surface area contributed by atoms with Crippen molar-refractivity contribution in [3.05, 3.63) is 12.2 Å². The number of allylic oxidation sites excluding steroid dienone is 1. The van der Waals surface area contributed by atoms with Crippen LogP contribution in [0.5, 0.6) is 0 Å². The summed E-state index contributed by atoms with van der Waals surface area (Å²) in [5.41, 5.74) is 0. The fourth-order valence-electron chi connectivity index (χ4n) is 2.07. The molecule has 0 saturated heterocycles. The molecular weight excluding hydrogens is 341 g/mol. The summed E-state index contributed by atoms with van der Waals surface area (Å²) in [6.45, 7) is 2.34. The number of hydrogen-bond acceptors (Lipinski definition) is 4. The van der Waals surface area contributed by atoms with Crippen LogP contribution in [0.2, 0.25) is 0 Å². The van der Waals surface area contributed by atoms with Crippen LogP contribution < -0.4 is 56.5 Å². The summed E-state index contributed by atoms with van der Waals surface area (Å²) in [6, 6.07) is 0. The van der Waals surface area contributed by atoms with Gasteiger partial charge in [0.25, 0.3) is 10.1 Å². The van der Waals surface area contributed by atoms with E-state index in [9.17, 15) is 13.5 Å². The Kier molecular flexibility index (Phi) is 19.9. The molecule has 0 bridgehead atoms. The molecule has 0 aromatic rings.